The predicted molar refractivity (Wildman–Crippen MR) is 128 cm³/mol. The Morgan fingerprint density at radius 3 is 2.53 bits per heavy atom. The first-order valence-electron chi connectivity index (χ1n) is 10.9. The SMILES string of the molecule is Cc1ccc(-c2cc(C)c(C(=O)NCCc3cncn3Cc3cccc(C)c3)cn2)cc1. The quantitative estimate of drug-likeness (QED) is 0.459. The Bertz CT molecular complexity index is 1220. The minimum atomic E-state index is -0.102. The van der Waals surface area contributed by atoms with Gasteiger partial charge in [0.1, 0.15) is 0 Å². The van der Waals surface area contributed by atoms with Crippen molar-refractivity contribution in [3.8, 4) is 11.3 Å². The average molecular weight is 425 g/mol. The molecular weight excluding hydrogens is 396 g/mol. The van der Waals surface area contributed by atoms with Gasteiger partial charge in [0.05, 0.1) is 17.6 Å². The molecule has 162 valence electrons. The van der Waals surface area contributed by atoms with Gasteiger partial charge >= 0.3 is 0 Å². The first kappa shape index (κ1) is 21.5. The van der Waals surface area contributed by atoms with E-state index in [9.17, 15) is 4.79 Å². The van der Waals surface area contributed by atoms with Crippen LogP contribution in [-0.2, 0) is 13.0 Å². The first-order chi connectivity index (χ1) is 15.5. The molecule has 0 bridgehead atoms. The van der Waals surface area contributed by atoms with E-state index in [1.165, 1.54) is 16.7 Å². The average Bonchev–Trinajstić information content (AvgIpc) is 3.21. The highest BCUT2D eigenvalue weighted by molar-refractivity contribution is 5.95. The van der Waals surface area contributed by atoms with E-state index in [1.54, 1.807) is 6.20 Å². The van der Waals surface area contributed by atoms with Gasteiger partial charge in [0, 0.05) is 43.2 Å². The third-order valence-corrected chi connectivity index (χ3v) is 5.60. The second-order valence-corrected chi connectivity index (χ2v) is 8.26. The van der Waals surface area contributed by atoms with E-state index in [-0.39, 0.29) is 5.91 Å². The molecule has 0 aliphatic rings. The van der Waals surface area contributed by atoms with Crippen molar-refractivity contribution in [3.05, 3.63) is 107 Å². The lowest BCUT2D eigenvalue weighted by molar-refractivity contribution is 0.0953. The molecule has 2 heterocycles. The molecule has 1 amide bonds. The normalized spacial score (nSPS) is 10.8. The fraction of sp³-hybridized carbons (Fsp3) is 0.222. The van der Waals surface area contributed by atoms with Gasteiger partial charge in [-0.15, -0.1) is 0 Å². The van der Waals surface area contributed by atoms with E-state index in [4.69, 9.17) is 0 Å². The zero-order valence-corrected chi connectivity index (χ0v) is 18.8. The van der Waals surface area contributed by atoms with Crippen molar-refractivity contribution in [2.45, 2.75) is 33.7 Å². The van der Waals surface area contributed by atoms with Gasteiger partial charge in [-0.25, -0.2) is 4.98 Å². The van der Waals surface area contributed by atoms with E-state index in [1.807, 2.05) is 25.5 Å². The number of rotatable bonds is 7. The molecule has 32 heavy (non-hydrogen) atoms. The molecule has 0 aliphatic carbocycles. The van der Waals surface area contributed by atoms with Crippen LogP contribution >= 0.6 is 0 Å². The lowest BCUT2D eigenvalue weighted by Crippen LogP contribution is -2.27. The molecule has 0 fully saturated rings. The van der Waals surface area contributed by atoms with Crippen molar-refractivity contribution >= 4 is 5.91 Å². The summed E-state index contributed by atoms with van der Waals surface area (Å²) in [6.45, 7) is 7.42. The molecule has 0 radical (unpaired) electrons. The number of nitrogens with zero attached hydrogens (tertiary/aromatic N) is 3. The summed E-state index contributed by atoms with van der Waals surface area (Å²) in [5.41, 5.74) is 8.23. The largest absolute Gasteiger partial charge is 0.352 e. The first-order valence-corrected chi connectivity index (χ1v) is 10.9. The maximum atomic E-state index is 12.7. The van der Waals surface area contributed by atoms with E-state index in [2.05, 4.69) is 82.2 Å². The van der Waals surface area contributed by atoms with Crippen LogP contribution in [-0.4, -0.2) is 27.0 Å². The third kappa shape index (κ3) is 5.11. The van der Waals surface area contributed by atoms with Gasteiger partial charge in [-0.05, 0) is 38.0 Å². The molecule has 0 saturated heterocycles. The molecule has 4 rings (SSSR count). The van der Waals surface area contributed by atoms with Gasteiger partial charge in [-0.2, -0.15) is 0 Å². The van der Waals surface area contributed by atoms with Gasteiger partial charge in [0.2, 0.25) is 0 Å². The summed E-state index contributed by atoms with van der Waals surface area (Å²) in [6, 6.07) is 18.7. The maximum absolute atomic E-state index is 12.7. The molecule has 2 aromatic carbocycles. The van der Waals surface area contributed by atoms with Crippen LogP contribution in [0.15, 0.2) is 73.3 Å². The minimum absolute atomic E-state index is 0.102. The minimum Gasteiger partial charge on any atom is -0.352 e. The summed E-state index contributed by atoms with van der Waals surface area (Å²) in [5.74, 6) is -0.102. The highest BCUT2D eigenvalue weighted by Gasteiger charge is 2.12. The molecule has 5 nitrogen and oxygen atoms in total. The second-order valence-electron chi connectivity index (χ2n) is 8.26. The lowest BCUT2D eigenvalue weighted by atomic mass is 10.0. The zero-order valence-electron chi connectivity index (χ0n) is 18.8. The Morgan fingerprint density at radius 2 is 1.78 bits per heavy atom. The van der Waals surface area contributed by atoms with Crippen LogP contribution in [0, 0.1) is 20.8 Å². The number of hydrogen-bond donors (Lipinski definition) is 1. The van der Waals surface area contributed by atoms with Crippen LogP contribution in [0.5, 0.6) is 0 Å². The number of benzene rings is 2. The number of amides is 1. The molecule has 0 aliphatic heterocycles. The maximum Gasteiger partial charge on any atom is 0.253 e. The molecule has 0 saturated carbocycles. The fourth-order valence-electron chi connectivity index (χ4n) is 3.78. The van der Waals surface area contributed by atoms with Gasteiger partial charge in [0.25, 0.3) is 5.91 Å². The fourth-order valence-corrected chi connectivity index (χ4v) is 3.78. The van der Waals surface area contributed by atoms with Crippen molar-refractivity contribution in [3.63, 3.8) is 0 Å². The molecule has 0 atom stereocenters. The highest BCUT2D eigenvalue weighted by Crippen LogP contribution is 2.20. The van der Waals surface area contributed by atoms with Crippen LogP contribution in [0.2, 0.25) is 0 Å². The van der Waals surface area contributed by atoms with E-state index in [0.717, 1.165) is 29.1 Å². The smallest absolute Gasteiger partial charge is 0.253 e. The molecule has 4 aromatic rings. The molecule has 1 N–H and O–H groups in total. The van der Waals surface area contributed by atoms with Crippen LogP contribution in [0.25, 0.3) is 11.3 Å². The topological polar surface area (TPSA) is 59.8 Å². The van der Waals surface area contributed by atoms with Crippen LogP contribution in [0.1, 0.15) is 38.3 Å². The van der Waals surface area contributed by atoms with Crippen molar-refractivity contribution in [2.24, 2.45) is 0 Å². The van der Waals surface area contributed by atoms with Crippen LogP contribution in [0.4, 0.5) is 0 Å². The van der Waals surface area contributed by atoms with Gasteiger partial charge in [0.15, 0.2) is 0 Å². The standard InChI is InChI=1S/C27H28N4O/c1-19-7-9-23(10-8-19)26-14-21(3)25(16-30-26)27(32)29-12-11-24-15-28-18-31(24)17-22-6-4-5-20(2)13-22/h4-10,13-16,18H,11-12,17H2,1-3H3,(H,29,32). The summed E-state index contributed by atoms with van der Waals surface area (Å²) in [6.07, 6.45) is 6.09. The Morgan fingerprint density at radius 1 is 0.969 bits per heavy atom. The Kier molecular flexibility index (Phi) is 6.45. The summed E-state index contributed by atoms with van der Waals surface area (Å²) >= 11 is 0. The number of nitrogens with one attached hydrogen (secondary N) is 1. The molecular formula is C27H28N4O. The predicted octanol–water partition coefficient (Wildman–Crippen LogP) is 4.89. The van der Waals surface area contributed by atoms with Crippen LogP contribution < -0.4 is 5.32 Å². The number of hydrogen-bond acceptors (Lipinski definition) is 3. The zero-order chi connectivity index (χ0) is 22.5. The Hall–Kier alpha value is -3.73. The summed E-state index contributed by atoms with van der Waals surface area (Å²) < 4.78 is 2.13. The number of carbonyl (C=O) groups is 1. The third-order valence-electron chi connectivity index (χ3n) is 5.60. The van der Waals surface area contributed by atoms with Gasteiger partial charge in [-0.3, -0.25) is 9.78 Å². The van der Waals surface area contributed by atoms with Crippen molar-refractivity contribution < 1.29 is 4.79 Å². The molecule has 0 unspecified atom stereocenters. The summed E-state index contributed by atoms with van der Waals surface area (Å²) in [5, 5.41) is 3.02. The number of carbonyl (C=O) groups excluding carboxylic acids is 1. The lowest BCUT2D eigenvalue weighted by Gasteiger charge is -2.11. The van der Waals surface area contributed by atoms with E-state index >= 15 is 0 Å². The molecule has 2 aromatic heterocycles. The highest BCUT2D eigenvalue weighted by atomic mass is 16.1. The number of imidazole rings is 1. The van der Waals surface area contributed by atoms with E-state index < -0.39 is 0 Å². The summed E-state index contributed by atoms with van der Waals surface area (Å²) in [7, 11) is 0. The van der Waals surface area contributed by atoms with Crippen molar-refractivity contribution in [2.75, 3.05) is 6.54 Å². The number of aryl methyl sites for hydroxylation is 3. The molecule has 0 spiro atoms. The summed E-state index contributed by atoms with van der Waals surface area (Å²) in [4.78, 5) is 21.5. The Balaban J connectivity index is 1.36. The van der Waals surface area contributed by atoms with E-state index in [0.29, 0.717) is 18.5 Å². The van der Waals surface area contributed by atoms with Crippen molar-refractivity contribution in [1.29, 1.82) is 0 Å². The van der Waals surface area contributed by atoms with Gasteiger partial charge in [-0.1, -0.05) is 59.7 Å². The monoisotopic (exact) mass is 424 g/mol. The number of aromatic nitrogens is 3. The van der Waals surface area contributed by atoms with Crippen LogP contribution in [0.3, 0.4) is 0 Å². The van der Waals surface area contributed by atoms with Crippen molar-refractivity contribution in [1.82, 2.24) is 19.9 Å². The molecule has 5 heteroatoms. The van der Waals surface area contributed by atoms with Gasteiger partial charge < -0.3 is 9.88 Å². The Labute approximate surface area is 189 Å². The second kappa shape index (κ2) is 9.60. The number of pyridine rings is 1.